The zero-order valence-corrected chi connectivity index (χ0v) is 13.3. The van der Waals surface area contributed by atoms with Crippen LogP contribution < -0.4 is 4.90 Å². The van der Waals surface area contributed by atoms with Crippen molar-refractivity contribution < 1.29 is 9.53 Å². The van der Waals surface area contributed by atoms with Gasteiger partial charge in [-0.05, 0) is 37.8 Å². The van der Waals surface area contributed by atoms with Crippen LogP contribution in [0.25, 0.3) is 5.52 Å². The predicted molar refractivity (Wildman–Crippen MR) is 83.9 cm³/mol. The molecule has 0 radical (unpaired) electrons. The maximum Gasteiger partial charge on any atom is 0.308 e. The van der Waals surface area contributed by atoms with Gasteiger partial charge in [0.05, 0.1) is 13.0 Å². The SMILES string of the molecule is CCc1ccn2ncnc(N3CC[C@H](C(=O)OC)C[C@@H]3C)c12. The van der Waals surface area contributed by atoms with Crippen molar-refractivity contribution in [1.29, 1.82) is 0 Å². The van der Waals surface area contributed by atoms with E-state index in [1.54, 1.807) is 6.33 Å². The first-order valence-electron chi connectivity index (χ1n) is 7.81. The van der Waals surface area contributed by atoms with E-state index in [0.717, 1.165) is 37.1 Å². The summed E-state index contributed by atoms with van der Waals surface area (Å²) >= 11 is 0. The van der Waals surface area contributed by atoms with Gasteiger partial charge in [-0.25, -0.2) is 9.50 Å². The minimum atomic E-state index is -0.101. The van der Waals surface area contributed by atoms with Crippen LogP contribution in [0.4, 0.5) is 5.82 Å². The Morgan fingerprint density at radius 3 is 3.00 bits per heavy atom. The van der Waals surface area contributed by atoms with Crippen molar-refractivity contribution in [2.45, 2.75) is 39.2 Å². The monoisotopic (exact) mass is 302 g/mol. The molecule has 118 valence electrons. The summed E-state index contributed by atoms with van der Waals surface area (Å²) in [4.78, 5) is 18.6. The Kier molecular flexibility index (Phi) is 4.00. The van der Waals surface area contributed by atoms with Gasteiger partial charge in [0.25, 0.3) is 0 Å². The lowest BCUT2D eigenvalue weighted by Crippen LogP contribution is -2.43. The fourth-order valence-corrected chi connectivity index (χ4v) is 3.36. The van der Waals surface area contributed by atoms with Crippen LogP contribution in [0.5, 0.6) is 0 Å². The first-order chi connectivity index (χ1) is 10.7. The number of hydrogen-bond donors (Lipinski definition) is 0. The van der Waals surface area contributed by atoms with E-state index in [2.05, 4.69) is 34.9 Å². The summed E-state index contributed by atoms with van der Waals surface area (Å²) in [5.41, 5.74) is 2.33. The Hall–Kier alpha value is -2.11. The number of carbonyl (C=O) groups excluding carboxylic acids is 1. The normalized spacial score (nSPS) is 22.0. The maximum absolute atomic E-state index is 11.8. The molecule has 2 aromatic heterocycles. The number of aryl methyl sites for hydroxylation is 1. The van der Waals surface area contributed by atoms with Gasteiger partial charge in [-0.2, -0.15) is 5.10 Å². The second kappa shape index (κ2) is 5.94. The van der Waals surface area contributed by atoms with E-state index in [4.69, 9.17) is 4.74 Å². The standard InChI is InChI=1S/C16H22N4O2/c1-4-12-6-8-20-14(12)15(17-10-18-20)19-7-5-13(9-11(19)2)16(21)22-3/h6,8,10-11,13H,4-5,7,9H2,1-3H3/t11-,13-/m0/s1. The van der Waals surface area contributed by atoms with Crippen molar-refractivity contribution in [3.8, 4) is 0 Å². The first kappa shape index (κ1) is 14.8. The van der Waals surface area contributed by atoms with Gasteiger partial charge in [-0.1, -0.05) is 6.92 Å². The summed E-state index contributed by atoms with van der Waals surface area (Å²) in [5.74, 6) is 0.857. The minimum absolute atomic E-state index is 0.00783. The molecule has 1 fully saturated rings. The molecule has 3 rings (SSSR count). The Morgan fingerprint density at radius 2 is 2.32 bits per heavy atom. The lowest BCUT2D eigenvalue weighted by atomic mass is 9.91. The number of carbonyl (C=O) groups is 1. The van der Waals surface area contributed by atoms with Crippen LogP contribution in [-0.2, 0) is 16.0 Å². The average Bonchev–Trinajstić information content (AvgIpc) is 2.97. The first-order valence-corrected chi connectivity index (χ1v) is 7.81. The van der Waals surface area contributed by atoms with Gasteiger partial charge in [-0.3, -0.25) is 4.79 Å². The molecule has 0 aliphatic carbocycles. The molecule has 6 heteroatoms. The van der Waals surface area contributed by atoms with Crippen LogP contribution in [0.1, 0.15) is 32.3 Å². The number of aromatic nitrogens is 3. The van der Waals surface area contributed by atoms with Gasteiger partial charge in [0.1, 0.15) is 11.8 Å². The third-order valence-electron chi connectivity index (χ3n) is 4.58. The summed E-state index contributed by atoms with van der Waals surface area (Å²) in [6.07, 6.45) is 6.12. The quantitative estimate of drug-likeness (QED) is 0.812. The molecule has 3 heterocycles. The van der Waals surface area contributed by atoms with Crippen molar-refractivity contribution in [3.05, 3.63) is 24.2 Å². The van der Waals surface area contributed by atoms with Crippen LogP contribution in [0.3, 0.4) is 0 Å². The molecular formula is C16H22N4O2. The van der Waals surface area contributed by atoms with Gasteiger partial charge < -0.3 is 9.64 Å². The van der Waals surface area contributed by atoms with Crippen LogP contribution in [0.15, 0.2) is 18.6 Å². The largest absolute Gasteiger partial charge is 0.469 e. The van der Waals surface area contributed by atoms with E-state index >= 15 is 0 Å². The molecule has 0 aromatic carbocycles. The molecule has 0 spiro atoms. The lowest BCUT2D eigenvalue weighted by Gasteiger charge is -2.37. The number of hydrogen-bond acceptors (Lipinski definition) is 5. The highest BCUT2D eigenvalue weighted by molar-refractivity contribution is 5.75. The number of anilines is 1. The van der Waals surface area contributed by atoms with E-state index < -0.39 is 0 Å². The number of methoxy groups -OCH3 is 1. The number of ether oxygens (including phenoxy) is 1. The number of rotatable bonds is 3. The molecule has 0 N–H and O–H groups in total. The highest BCUT2D eigenvalue weighted by Gasteiger charge is 2.32. The lowest BCUT2D eigenvalue weighted by molar-refractivity contribution is -0.146. The molecule has 1 saturated heterocycles. The fourth-order valence-electron chi connectivity index (χ4n) is 3.36. The zero-order chi connectivity index (χ0) is 15.7. The second-order valence-electron chi connectivity index (χ2n) is 5.86. The van der Waals surface area contributed by atoms with Crippen LogP contribution in [0, 0.1) is 5.92 Å². The molecule has 22 heavy (non-hydrogen) atoms. The van der Waals surface area contributed by atoms with Crippen molar-refractivity contribution in [2.75, 3.05) is 18.6 Å². The van der Waals surface area contributed by atoms with E-state index in [0.29, 0.717) is 0 Å². The molecule has 0 unspecified atom stereocenters. The molecule has 0 bridgehead atoms. The Bertz CT molecular complexity index is 682. The van der Waals surface area contributed by atoms with Gasteiger partial charge >= 0.3 is 5.97 Å². The minimum Gasteiger partial charge on any atom is -0.469 e. The van der Waals surface area contributed by atoms with Gasteiger partial charge in [-0.15, -0.1) is 0 Å². The summed E-state index contributed by atoms with van der Waals surface area (Å²) in [6, 6.07) is 2.34. The molecular weight excluding hydrogens is 280 g/mol. The predicted octanol–water partition coefficient (Wildman–Crippen LogP) is 2.07. The molecule has 1 aliphatic heterocycles. The van der Waals surface area contributed by atoms with Crippen molar-refractivity contribution in [3.63, 3.8) is 0 Å². The molecule has 1 aliphatic rings. The van der Waals surface area contributed by atoms with Crippen molar-refractivity contribution in [2.24, 2.45) is 5.92 Å². The summed E-state index contributed by atoms with van der Waals surface area (Å²) < 4.78 is 6.78. The third kappa shape index (κ3) is 2.42. The van der Waals surface area contributed by atoms with Crippen molar-refractivity contribution in [1.82, 2.24) is 14.6 Å². The van der Waals surface area contributed by atoms with Gasteiger partial charge in [0.15, 0.2) is 5.82 Å². The summed E-state index contributed by atoms with van der Waals surface area (Å²) in [5, 5.41) is 4.29. The average molecular weight is 302 g/mol. The molecule has 0 saturated carbocycles. The van der Waals surface area contributed by atoms with Crippen LogP contribution in [-0.4, -0.2) is 40.3 Å². The molecule has 2 atom stereocenters. The van der Waals surface area contributed by atoms with E-state index in [-0.39, 0.29) is 17.9 Å². The summed E-state index contributed by atoms with van der Waals surface area (Å²) in [7, 11) is 1.46. The zero-order valence-electron chi connectivity index (χ0n) is 13.3. The number of esters is 1. The van der Waals surface area contributed by atoms with Gasteiger partial charge in [0, 0.05) is 18.8 Å². The topological polar surface area (TPSA) is 59.7 Å². The van der Waals surface area contributed by atoms with Crippen LogP contribution in [0.2, 0.25) is 0 Å². The third-order valence-corrected chi connectivity index (χ3v) is 4.58. The molecule has 6 nitrogen and oxygen atoms in total. The van der Waals surface area contributed by atoms with E-state index in [1.807, 2.05) is 10.7 Å². The van der Waals surface area contributed by atoms with Crippen molar-refractivity contribution >= 4 is 17.3 Å². The number of fused-ring (bicyclic) bond motifs is 1. The second-order valence-corrected chi connectivity index (χ2v) is 5.86. The number of nitrogens with zero attached hydrogens (tertiary/aromatic N) is 4. The molecule has 2 aromatic rings. The smallest absolute Gasteiger partial charge is 0.308 e. The number of piperidine rings is 1. The fraction of sp³-hybridized carbons (Fsp3) is 0.562. The van der Waals surface area contributed by atoms with Crippen LogP contribution >= 0.6 is 0 Å². The highest BCUT2D eigenvalue weighted by Crippen LogP contribution is 2.31. The maximum atomic E-state index is 11.8. The van der Waals surface area contributed by atoms with Gasteiger partial charge in [0.2, 0.25) is 0 Å². The Morgan fingerprint density at radius 1 is 1.50 bits per heavy atom. The van der Waals surface area contributed by atoms with E-state index in [9.17, 15) is 4.79 Å². The molecule has 0 amide bonds. The Labute approximate surface area is 130 Å². The Balaban J connectivity index is 1.92. The highest BCUT2D eigenvalue weighted by atomic mass is 16.5. The van der Waals surface area contributed by atoms with E-state index in [1.165, 1.54) is 12.7 Å². The summed E-state index contributed by atoms with van der Waals surface area (Å²) in [6.45, 7) is 5.09.